The quantitative estimate of drug-likeness (QED) is 0.208. The zero-order chi connectivity index (χ0) is 23.5. The topological polar surface area (TPSA) is 102 Å². The van der Waals surface area contributed by atoms with E-state index in [1.165, 1.54) is 16.7 Å². The largest absolute Gasteiger partial charge is 0.461 e. The lowest BCUT2D eigenvalue weighted by atomic mass is 10.1. The van der Waals surface area contributed by atoms with E-state index in [1.807, 2.05) is 57.2 Å². The van der Waals surface area contributed by atoms with Crippen LogP contribution in [0.1, 0.15) is 32.8 Å². The van der Waals surface area contributed by atoms with Gasteiger partial charge in [0.1, 0.15) is 18.0 Å². The Balaban J connectivity index is 1.97. The smallest absolute Gasteiger partial charge is 0.310 e. The molecule has 1 aliphatic heterocycles. The SMILES string of the molecule is CC[C@@H](CSC1C(NC(=O)Cc2ccccc2)C(=O)N1COC=O)C(=O)OCC=C(C)C. The molecular weight excluding hydrogens is 432 g/mol. The second-order valence-electron chi connectivity index (χ2n) is 7.65. The molecule has 0 bridgehead atoms. The van der Waals surface area contributed by atoms with Crippen molar-refractivity contribution in [3.8, 4) is 0 Å². The zero-order valence-electron chi connectivity index (χ0n) is 18.6. The Kier molecular flexibility index (Phi) is 10.3. The summed E-state index contributed by atoms with van der Waals surface area (Å²) in [6, 6.07) is 8.48. The molecule has 0 saturated carbocycles. The number of esters is 1. The molecule has 174 valence electrons. The van der Waals surface area contributed by atoms with E-state index < -0.39 is 11.4 Å². The highest BCUT2D eigenvalue weighted by atomic mass is 32.2. The Labute approximate surface area is 192 Å². The van der Waals surface area contributed by atoms with Crippen LogP contribution >= 0.6 is 11.8 Å². The van der Waals surface area contributed by atoms with Gasteiger partial charge in [0.2, 0.25) is 5.91 Å². The van der Waals surface area contributed by atoms with Crippen LogP contribution in [0.25, 0.3) is 0 Å². The van der Waals surface area contributed by atoms with Crippen LogP contribution in [-0.4, -0.2) is 59.7 Å². The third kappa shape index (κ3) is 7.40. The number of carbonyl (C=O) groups excluding carboxylic acids is 4. The molecule has 1 aromatic carbocycles. The van der Waals surface area contributed by atoms with Crippen molar-refractivity contribution in [2.45, 2.75) is 45.0 Å². The number of hydrogen-bond acceptors (Lipinski definition) is 7. The van der Waals surface area contributed by atoms with E-state index in [1.54, 1.807) is 0 Å². The van der Waals surface area contributed by atoms with E-state index in [0.717, 1.165) is 11.1 Å². The van der Waals surface area contributed by atoms with Crippen LogP contribution in [0.4, 0.5) is 0 Å². The van der Waals surface area contributed by atoms with Gasteiger partial charge in [0, 0.05) is 5.75 Å². The first-order valence-corrected chi connectivity index (χ1v) is 11.5. The van der Waals surface area contributed by atoms with Gasteiger partial charge in [-0.1, -0.05) is 42.8 Å². The first-order valence-electron chi connectivity index (χ1n) is 10.5. The molecule has 1 fully saturated rings. The number of nitrogens with one attached hydrogen (secondary N) is 1. The van der Waals surface area contributed by atoms with Crippen molar-refractivity contribution in [3.05, 3.63) is 47.5 Å². The van der Waals surface area contributed by atoms with E-state index in [-0.39, 0.29) is 49.9 Å². The molecule has 0 radical (unpaired) electrons. The average molecular weight is 463 g/mol. The second-order valence-corrected chi connectivity index (χ2v) is 8.80. The van der Waals surface area contributed by atoms with Crippen molar-refractivity contribution in [3.63, 3.8) is 0 Å². The molecule has 3 atom stereocenters. The molecule has 1 aromatic rings. The number of amides is 2. The molecule has 2 unspecified atom stereocenters. The van der Waals surface area contributed by atoms with E-state index in [2.05, 4.69) is 5.32 Å². The number of nitrogens with zero attached hydrogens (tertiary/aromatic N) is 1. The Bertz CT molecular complexity index is 825. The minimum absolute atomic E-state index is 0.154. The molecule has 2 rings (SSSR count). The van der Waals surface area contributed by atoms with Gasteiger partial charge in [-0.2, -0.15) is 0 Å². The fourth-order valence-corrected chi connectivity index (χ4v) is 4.60. The molecule has 9 heteroatoms. The highest BCUT2D eigenvalue weighted by molar-refractivity contribution is 8.00. The predicted octanol–water partition coefficient (Wildman–Crippen LogP) is 2.28. The fourth-order valence-electron chi connectivity index (χ4n) is 3.07. The average Bonchev–Trinajstić information content (AvgIpc) is 2.77. The van der Waals surface area contributed by atoms with Crippen LogP contribution in [0.5, 0.6) is 0 Å². The van der Waals surface area contributed by atoms with E-state index in [9.17, 15) is 19.2 Å². The molecule has 1 N–H and O–H groups in total. The number of rotatable bonds is 13. The summed E-state index contributed by atoms with van der Waals surface area (Å²) in [4.78, 5) is 49.3. The van der Waals surface area contributed by atoms with Crippen LogP contribution in [0, 0.1) is 5.92 Å². The molecule has 0 spiro atoms. The number of allylic oxidation sites excluding steroid dienone is 1. The lowest BCUT2D eigenvalue weighted by Crippen LogP contribution is -2.70. The number of ether oxygens (including phenoxy) is 2. The van der Waals surface area contributed by atoms with Gasteiger partial charge in [-0.05, 0) is 31.9 Å². The van der Waals surface area contributed by atoms with Crippen molar-refractivity contribution in [1.82, 2.24) is 10.2 Å². The van der Waals surface area contributed by atoms with Gasteiger partial charge in [-0.3, -0.25) is 24.1 Å². The van der Waals surface area contributed by atoms with Crippen LogP contribution < -0.4 is 5.32 Å². The lowest BCUT2D eigenvalue weighted by molar-refractivity contribution is -0.159. The summed E-state index contributed by atoms with van der Waals surface area (Å²) in [6.45, 7) is 6.04. The minimum atomic E-state index is -0.745. The second kappa shape index (κ2) is 12.9. The number of β-lactam (4-membered cyclic amide) rings is 1. The molecule has 1 aliphatic rings. The summed E-state index contributed by atoms with van der Waals surface area (Å²) in [5.74, 6) is -0.849. The van der Waals surface area contributed by atoms with Crippen molar-refractivity contribution in [1.29, 1.82) is 0 Å². The first kappa shape index (κ1) is 25.5. The third-order valence-corrected chi connectivity index (χ3v) is 6.42. The Morgan fingerprint density at radius 1 is 1.25 bits per heavy atom. The standard InChI is InChI=1S/C23H30N2O6S/c1-4-18(23(29)31-11-10-16(2)3)13-32-22-20(21(28)25(22)14-30-15-26)24-19(27)12-17-8-6-5-7-9-17/h5-10,15,18,20,22H,4,11-14H2,1-3H3,(H,24,27)/t18-,20?,22?/m0/s1. The van der Waals surface area contributed by atoms with Crippen molar-refractivity contribution in [2.24, 2.45) is 5.92 Å². The minimum Gasteiger partial charge on any atom is -0.461 e. The molecule has 8 nitrogen and oxygen atoms in total. The van der Waals surface area contributed by atoms with Crippen LogP contribution in [0.3, 0.4) is 0 Å². The highest BCUT2D eigenvalue weighted by Gasteiger charge is 2.49. The molecule has 1 saturated heterocycles. The first-order chi connectivity index (χ1) is 15.4. The van der Waals surface area contributed by atoms with Crippen LogP contribution in [0.15, 0.2) is 42.0 Å². The molecule has 2 amide bonds. The Morgan fingerprint density at radius 3 is 2.59 bits per heavy atom. The summed E-state index contributed by atoms with van der Waals surface area (Å²) in [5.41, 5.74) is 1.90. The van der Waals surface area contributed by atoms with Crippen molar-refractivity contribution in [2.75, 3.05) is 19.1 Å². The number of likely N-dealkylation sites (tertiary alicyclic amines) is 1. The normalized spacial score (nSPS) is 18.2. The third-order valence-electron chi connectivity index (χ3n) is 4.96. The zero-order valence-corrected chi connectivity index (χ0v) is 19.4. The van der Waals surface area contributed by atoms with Gasteiger partial charge in [0.25, 0.3) is 12.4 Å². The van der Waals surface area contributed by atoms with Gasteiger partial charge < -0.3 is 14.8 Å². The van der Waals surface area contributed by atoms with E-state index >= 15 is 0 Å². The lowest BCUT2D eigenvalue weighted by Gasteiger charge is -2.46. The molecular formula is C23H30N2O6S. The molecule has 1 heterocycles. The van der Waals surface area contributed by atoms with Crippen LogP contribution in [0.2, 0.25) is 0 Å². The maximum Gasteiger partial charge on any atom is 0.310 e. The fraction of sp³-hybridized carbons (Fsp3) is 0.478. The molecule has 0 aliphatic carbocycles. The predicted molar refractivity (Wildman–Crippen MR) is 121 cm³/mol. The van der Waals surface area contributed by atoms with Gasteiger partial charge >= 0.3 is 5.97 Å². The van der Waals surface area contributed by atoms with Gasteiger partial charge in [-0.15, -0.1) is 11.8 Å². The highest BCUT2D eigenvalue weighted by Crippen LogP contribution is 2.32. The number of benzene rings is 1. The van der Waals surface area contributed by atoms with Crippen molar-refractivity contribution >= 4 is 36.0 Å². The maximum absolute atomic E-state index is 12.5. The molecule has 0 aromatic heterocycles. The van der Waals surface area contributed by atoms with E-state index in [0.29, 0.717) is 12.2 Å². The summed E-state index contributed by atoms with van der Waals surface area (Å²) in [5, 5.41) is 2.33. The summed E-state index contributed by atoms with van der Waals surface area (Å²) in [6.07, 6.45) is 2.57. The Hall–Kier alpha value is -2.81. The number of hydrogen-bond donors (Lipinski definition) is 1. The van der Waals surface area contributed by atoms with Gasteiger partial charge in [0.15, 0.2) is 6.73 Å². The maximum atomic E-state index is 12.5. The van der Waals surface area contributed by atoms with Gasteiger partial charge in [0.05, 0.1) is 12.3 Å². The number of thioether (sulfide) groups is 1. The van der Waals surface area contributed by atoms with Gasteiger partial charge in [-0.25, -0.2) is 0 Å². The monoisotopic (exact) mass is 462 g/mol. The van der Waals surface area contributed by atoms with E-state index in [4.69, 9.17) is 9.47 Å². The molecule has 32 heavy (non-hydrogen) atoms. The number of carbonyl (C=O) groups is 4. The van der Waals surface area contributed by atoms with Crippen molar-refractivity contribution < 1.29 is 28.7 Å². The summed E-state index contributed by atoms with van der Waals surface area (Å²) < 4.78 is 10.1. The Morgan fingerprint density at radius 2 is 1.97 bits per heavy atom. The van der Waals surface area contributed by atoms with Crippen LogP contribution in [-0.2, 0) is 35.1 Å². The summed E-state index contributed by atoms with van der Waals surface area (Å²) in [7, 11) is 0. The summed E-state index contributed by atoms with van der Waals surface area (Å²) >= 11 is 1.36.